The van der Waals surface area contributed by atoms with Crippen LogP contribution in [0.25, 0.3) is 0 Å². The van der Waals surface area contributed by atoms with Gasteiger partial charge in [-0.3, -0.25) is 4.79 Å². The molecule has 0 heterocycles. The van der Waals surface area contributed by atoms with Gasteiger partial charge in [0, 0.05) is 30.7 Å². The third kappa shape index (κ3) is 5.46. The van der Waals surface area contributed by atoms with Crippen LogP contribution in [0, 0.1) is 0 Å². The van der Waals surface area contributed by atoms with Crippen LogP contribution in [-0.4, -0.2) is 32.3 Å². The normalized spacial score (nSPS) is 10.5. The smallest absolute Gasteiger partial charge is 0.252 e. The molecule has 0 saturated heterocycles. The number of carbonyl (C=O) groups excluding carboxylic acids is 1. The summed E-state index contributed by atoms with van der Waals surface area (Å²) in [5.41, 5.74) is 1.76. The number of unbranched alkanes of at least 4 members (excludes halogenated alkanes) is 1. The summed E-state index contributed by atoms with van der Waals surface area (Å²) in [6.07, 6.45) is 3.93. The fourth-order valence-electron chi connectivity index (χ4n) is 2.39. The van der Waals surface area contributed by atoms with Gasteiger partial charge in [0.05, 0.1) is 10.6 Å². The zero-order valence-corrected chi connectivity index (χ0v) is 15.7. The maximum absolute atomic E-state index is 12.2. The quantitative estimate of drug-likeness (QED) is 0.545. The van der Waals surface area contributed by atoms with Gasteiger partial charge < -0.3 is 10.2 Å². The molecule has 0 bridgehead atoms. The van der Waals surface area contributed by atoms with E-state index in [1.807, 2.05) is 36.6 Å². The Bertz CT molecular complexity index is 664. The lowest BCUT2D eigenvalue weighted by molar-refractivity contribution is 0.0953. The first-order chi connectivity index (χ1) is 11.6. The number of benzene rings is 2. The second-order valence-electron chi connectivity index (χ2n) is 5.57. The topological polar surface area (TPSA) is 32.3 Å². The molecule has 1 amide bonds. The Morgan fingerprint density at radius 3 is 2.62 bits per heavy atom. The average Bonchev–Trinajstić information content (AvgIpc) is 2.62. The van der Waals surface area contributed by atoms with Crippen molar-refractivity contribution in [1.82, 2.24) is 5.32 Å². The molecular weight excluding hydrogens is 340 g/mol. The van der Waals surface area contributed by atoms with Gasteiger partial charge in [-0.05, 0) is 49.4 Å². The zero-order chi connectivity index (χ0) is 17.4. The summed E-state index contributed by atoms with van der Waals surface area (Å²) in [4.78, 5) is 15.5. The molecule has 0 saturated carbocycles. The second kappa shape index (κ2) is 9.60. The first kappa shape index (κ1) is 18.7. The minimum atomic E-state index is -0.104. The van der Waals surface area contributed by atoms with Crippen molar-refractivity contribution in [2.24, 2.45) is 0 Å². The molecule has 1 N–H and O–H groups in total. The first-order valence-corrected chi connectivity index (χ1v) is 9.60. The summed E-state index contributed by atoms with van der Waals surface area (Å²) >= 11 is 7.72. The van der Waals surface area contributed by atoms with E-state index in [9.17, 15) is 4.79 Å². The predicted octanol–water partition coefficient (Wildman–Crippen LogP) is 4.71. The Morgan fingerprint density at radius 1 is 1.17 bits per heavy atom. The highest BCUT2D eigenvalue weighted by molar-refractivity contribution is 7.98. The van der Waals surface area contributed by atoms with Crippen molar-refractivity contribution in [3.8, 4) is 0 Å². The molecule has 0 spiro atoms. The molecule has 128 valence electrons. The summed E-state index contributed by atoms with van der Waals surface area (Å²) in [6, 6.07) is 15.8. The maximum atomic E-state index is 12.2. The average molecular weight is 363 g/mol. The molecule has 0 aliphatic rings. The van der Waals surface area contributed by atoms with Gasteiger partial charge in [-0.25, -0.2) is 0 Å². The molecule has 2 aromatic rings. The number of para-hydroxylation sites is 1. The van der Waals surface area contributed by atoms with Crippen molar-refractivity contribution in [3.05, 3.63) is 59.1 Å². The van der Waals surface area contributed by atoms with Crippen LogP contribution in [0.2, 0.25) is 5.02 Å². The summed E-state index contributed by atoms with van der Waals surface area (Å²) in [5.74, 6) is -0.104. The molecule has 24 heavy (non-hydrogen) atoms. The predicted molar refractivity (Wildman–Crippen MR) is 105 cm³/mol. The Labute approximate surface area is 153 Å². The fraction of sp³-hybridized carbons (Fsp3) is 0.316. The molecule has 0 fully saturated rings. The van der Waals surface area contributed by atoms with Crippen molar-refractivity contribution in [2.45, 2.75) is 17.7 Å². The van der Waals surface area contributed by atoms with Crippen LogP contribution in [-0.2, 0) is 0 Å². The van der Waals surface area contributed by atoms with Crippen LogP contribution in [0.4, 0.5) is 5.69 Å². The van der Waals surface area contributed by atoms with E-state index >= 15 is 0 Å². The van der Waals surface area contributed by atoms with Gasteiger partial charge in [0.2, 0.25) is 0 Å². The monoisotopic (exact) mass is 362 g/mol. The minimum Gasteiger partial charge on any atom is -0.375 e. The van der Waals surface area contributed by atoms with Crippen molar-refractivity contribution in [1.29, 1.82) is 0 Å². The lowest BCUT2D eigenvalue weighted by Gasteiger charge is -2.19. The van der Waals surface area contributed by atoms with Gasteiger partial charge in [0.15, 0.2) is 0 Å². The number of carbonyl (C=O) groups is 1. The third-order valence-electron chi connectivity index (χ3n) is 3.82. The Hall–Kier alpha value is -1.65. The standard InChI is InChI=1S/C19H23ClN2OS/c1-22(15-8-4-3-5-9-15)13-7-6-12-21-19(23)17-14-16(24-2)10-11-18(17)20/h3-5,8-11,14H,6-7,12-13H2,1-2H3,(H,21,23). The number of hydrogen-bond donors (Lipinski definition) is 1. The van der Waals surface area contributed by atoms with E-state index in [1.54, 1.807) is 17.8 Å². The number of anilines is 1. The highest BCUT2D eigenvalue weighted by Crippen LogP contribution is 2.22. The molecule has 2 rings (SSSR count). The molecule has 0 aliphatic heterocycles. The van der Waals surface area contributed by atoms with Gasteiger partial charge in [-0.1, -0.05) is 29.8 Å². The van der Waals surface area contributed by atoms with Crippen molar-refractivity contribution >= 4 is 35.0 Å². The van der Waals surface area contributed by atoms with E-state index in [4.69, 9.17) is 11.6 Å². The van der Waals surface area contributed by atoms with Crippen molar-refractivity contribution in [3.63, 3.8) is 0 Å². The molecule has 5 heteroatoms. The van der Waals surface area contributed by atoms with Crippen molar-refractivity contribution < 1.29 is 4.79 Å². The number of hydrogen-bond acceptors (Lipinski definition) is 3. The number of nitrogens with zero attached hydrogens (tertiary/aromatic N) is 1. The minimum absolute atomic E-state index is 0.104. The van der Waals surface area contributed by atoms with Gasteiger partial charge >= 0.3 is 0 Å². The molecule has 3 nitrogen and oxygen atoms in total. The maximum Gasteiger partial charge on any atom is 0.252 e. The van der Waals surface area contributed by atoms with Gasteiger partial charge in [0.1, 0.15) is 0 Å². The van der Waals surface area contributed by atoms with E-state index in [0.717, 1.165) is 24.3 Å². The van der Waals surface area contributed by atoms with Crippen LogP contribution in [0.3, 0.4) is 0 Å². The van der Waals surface area contributed by atoms with E-state index in [0.29, 0.717) is 17.1 Å². The molecule has 0 radical (unpaired) electrons. The number of rotatable bonds is 8. The Morgan fingerprint density at radius 2 is 1.92 bits per heavy atom. The van der Waals surface area contributed by atoms with Crippen LogP contribution in [0.5, 0.6) is 0 Å². The largest absolute Gasteiger partial charge is 0.375 e. The van der Waals surface area contributed by atoms with E-state index in [2.05, 4.69) is 29.4 Å². The van der Waals surface area contributed by atoms with E-state index in [-0.39, 0.29) is 5.91 Å². The Kier molecular flexibility index (Phi) is 7.47. The lowest BCUT2D eigenvalue weighted by Crippen LogP contribution is -2.26. The number of nitrogens with one attached hydrogen (secondary N) is 1. The van der Waals surface area contributed by atoms with Crippen LogP contribution in [0.1, 0.15) is 23.2 Å². The summed E-state index contributed by atoms with van der Waals surface area (Å²) in [6.45, 7) is 1.61. The highest BCUT2D eigenvalue weighted by atomic mass is 35.5. The lowest BCUT2D eigenvalue weighted by atomic mass is 10.2. The first-order valence-electron chi connectivity index (χ1n) is 7.99. The van der Waals surface area contributed by atoms with Gasteiger partial charge in [-0.15, -0.1) is 11.8 Å². The van der Waals surface area contributed by atoms with Gasteiger partial charge in [-0.2, -0.15) is 0 Å². The Balaban J connectivity index is 1.73. The van der Waals surface area contributed by atoms with Crippen LogP contribution in [0.15, 0.2) is 53.4 Å². The summed E-state index contributed by atoms with van der Waals surface area (Å²) in [7, 11) is 2.08. The summed E-state index contributed by atoms with van der Waals surface area (Å²) in [5, 5.41) is 3.45. The third-order valence-corrected chi connectivity index (χ3v) is 4.88. The van der Waals surface area contributed by atoms with Crippen LogP contribution < -0.4 is 10.2 Å². The molecule has 0 aromatic heterocycles. The van der Waals surface area contributed by atoms with E-state index in [1.165, 1.54) is 5.69 Å². The number of amides is 1. The molecule has 0 atom stereocenters. The molecule has 0 unspecified atom stereocenters. The van der Waals surface area contributed by atoms with Crippen molar-refractivity contribution in [2.75, 3.05) is 31.3 Å². The second-order valence-corrected chi connectivity index (χ2v) is 6.85. The molecule has 2 aromatic carbocycles. The van der Waals surface area contributed by atoms with Crippen LogP contribution >= 0.6 is 23.4 Å². The van der Waals surface area contributed by atoms with Gasteiger partial charge in [0.25, 0.3) is 5.91 Å². The number of thioether (sulfide) groups is 1. The fourth-order valence-corrected chi connectivity index (χ4v) is 3.03. The summed E-state index contributed by atoms with van der Waals surface area (Å²) < 4.78 is 0. The SMILES string of the molecule is CSc1ccc(Cl)c(C(=O)NCCCCN(C)c2ccccc2)c1. The highest BCUT2D eigenvalue weighted by Gasteiger charge is 2.10. The van der Waals surface area contributed by atoms with E-state index < -0.39 is 0 Å². The zero-order valence-electron chi connectivity index (χ0n) is 14.1. The number of halogens is 1. The molecular formula is C19H23ClN2OS. The molecule has 0 aliphatic carbocycles.